The Labute approximate surface area is 99.1 Å². The minimum Gasteiger partial charge on any atom is -0.497 e. The van der Waals surface area contributed by atoms with E-state index < -0.39 is 0 Å². The number of halogens is 1. The molecule has 0 spiro atoms. The summed E-state index contributed by atoms with van der Waals surface area (Å²) in [5.41, 5.74) is 2.85. The van der Waals surface area contributed by atoms with Gasteiger partial charge in [-0.3, -0.25) is 0 Å². The Bertz CT molecular complexity index is 497. The molecule has 0 unspecified atom stereocenters. The predicted molar refractivity (Wildman–Crippen MR) is 63.8 cm³/mol. The Morgan fingerprint density at radius 2 is 1.88 bits per heavy atom. The third kappa shape index (κ3) is 2.14. The van der Waals surface area contributed by atoms with Crippen LogP contribution in [0.1, 0.15) is 5.56 Å². The van der Waals surface area contributed by atoms with Crippen molar-refractivity contribution in [3.05, 3.63) is 41.3 Å². The molecular weight excluding hydrogens is 224 g/mol. The van der Waals surface area contributed by atoms with Crippen LogP contribution in [0.5, 0.6) is 5.75 Å². The number of nitrogens with zero attached hydrogens (tertiary/aromatic N) is 2. The Morgan fingerprint density at radius 1 is 1.19 bits per heavy atom. The number of hydrogen-bond acceptors (Lipinski definition) is 3. The summed E-state index contributed by atoms with van der Waals surface area (Å²) in [5, 5.41) is 0.261. The molecule has 0 aliphatic rings. The average molecular weight is 235 g/mol. The van der Waals surface area contributed by atoms with Gasteiger partial charge in [0.25, 0.3) is 0 Å². The molecule has 0 fully saturated rings. The molecule has 1 aromatic carbocycles. The molecule has 0 N–H and O–H groups in total. The number of rotatable bonds is 2. The standard InChI is InChI=1S/C12H11ClN2O/c1-8-7-14-12(13)15-11(8)9-3-5-10(16-2)6-4-9/h3-7H,1-2H3. The van der Waals surface area contributed by atoms with Gasteiger partial charge in [0.05, 0.1) is 12.8 Å². The Hall–Kier alpha value is -1.61. The predicted octanol–water partition coefficient (Wildman–Crippen LogP) is 3.11. The normalized spacial score (nSPS) is 10.2. The molecule has 1 heterocycles. The molecule has 0 aliphatic heterocycles. The van der Waals surface area contributed by atoms with Crippen LogP contribution in [-0.4, -0.2) is 17.1 Å². The molecule has 1 aromatic heterocycles. The van der Waals surface area contributed by atoms with E-state index in [1.54, 1.807) is 13.3 Å². The summed E-state index contributed by atoms with van der Waals surface area (Å²) in [5.74, 6) is 0.821. The molecule has 2 aromatic rings. The monoisotopic (exact) mass is 234 g/mol. The molecule has 0 aliphatic carbocycles. The van der Waals surface area contributed by atoms with Crippen LogP contribution in [0.4, 0.5) is 0 Å². The molecule has 3 nitrogen and oxygen atoms in total. The van der Waals surface area contributed by atoms with Gasteiger partial charge in [0.2, 0.25) is 5.28 Å². The highest BCUT2D eigenvalue weighted by Gasteiger charge is 2.05. The maximum Gasteiger partial charge on any atom is 0.222 e. The highest BCUT2D eigenvalue weighted by molar-refractivity contribution is 6.28. The molecule has 0 atom stereocenters. The zero-order valence-electron chi connectivity index (χ0n) is 9.07. The summed E-state index contributed by atoms with van der Waals surface area (Å²) in [6, 6.07) is 7.69. The summed E-state index contributed by atoms with van der Waals surface area (Å²) < 4.78 is 5.10. The molecule has 0 radical (unpaired) electrons. The van der Waals surface area contributed by atoms with Crippen molar-refractivity contribution in [1.29, 1.82) is 0 Å². The second-order valence-electron chi connectivity index (χ2n) is 3.40. The first-order chi connectivity index (χ1) is 7.70. The molecule has 0 saturated carbocycles. The van der Waals surface area contributed by atoms with Gasteiger partial charge in [-0.25, -0.2) is 9.97 Å². The van der Waals surface area contributed by atoms with Crippen LogP contribution < -0.4 is 4.74 Å². The van der Waals surface area contributed by atoms with Crippen LogP contribution in [-0.2, 0) is 0 Å². The number of methoxy groups -OCH3 is 1. The highest BCUT2D eigenvalue weighted by Crippen LogP contribution is 2.23. The first-order valence-corrected chi connectivity index (χ1v) is 5.22. The minimum absolute atomic E-state index is 0.261. The summed E-state index contributed by atoms with van der Waals surface area (Å²) >= 11 is 5.78. The van der Waals surface area contributed by atoms with Gasteiger partial charge in [0, 0.05) is 11.8 Å². The number of aromatic nitrogens is 2. The van der Waals surface area contributed by atoms with Crippen molar-refractivity contribution in [3.63, 3.8) is 0 Å². The van der Waals surface area contributed by atoms with E-state index >= 15 is 0 Å². The summed E-state index contributed by atoms with van der Waals surface area (Å²) in [6.07, 6.45) is 1.72. The van der Waals surface area contributed by atoms with Gasteiger partial charge in [0.15, 0.2) is 0 Å². The fourth-order valence-corrected chi connectivity index (χ4v) is 1.59. The van der Waals surface area contributed by atoms with Gasteiger partial charge >= 0.3 is 0 Å². The molecule has 0 amide bonds. The lowest BCUT2D eigenvalue weighted by atomic mass is 10.1. The van der Waals surface area contributed by atoms with E-state index in [1.165, 1.54) is 0 Å². The van der Waals surface area contributed by atoms with Crippen molar-refractivity contribution in [2.75, 3.05) is 7.11 Å². The van der Waals surface area contributed by atoms with Crippen LogP contribution in [0.2, 0.25) is 5.28 Å². The topological polar surface area (TPSA) is 35.0 Å². The lowest BCUT2D eigenvalue weighted by Crippen LogP contribution is -1.91. The van der Waals surface area contributed by atoms with Crippen molar-refractivity contribution in [2.24, 2.45) is 0 Å². The van der Waals surface area contributed by atoms with E-state index in [0.717, 1.165) is 22.6 Å². The number of hydrogen-bond donors (Lipinski definition) is 0. The lowest BCUT2D eigenvalue weighted by Gasteiger charge is -2.05. The number of ether oxygens (including phenoxy) is 1. The second kappa shape index (κ2) is 4.49. The van der Waals surface area contributed by atoms with E-state index in [0.29, 0.717) is 0 Å². The molecule has 4 heteroatoms. The Kier molecular flexibility index (Phi) is 3.06. The van der Waals surface area contributed by atoms with Gasteiger partial charge in [-0.1, -0.05) is 0 Å². The molecule has 82 valence electrons. The average Bonchev–Trinajstić information content (AvgIpc) is 2.32. The smallest absolute Gasteiger partial charge is 0.222 e. The van der Waals surface area contributed by atoms with Gasteiger partial charge in [0.1, 0.15) is 5.75 Å². The van der Waals surface area contributed by atoms with Crippen molar-refractivity contribution in [1.82, 2.24) is 9.97 Å². The maximum absolute atomic E-state index is 5.78. The lowest BCUT2D eigenvalue weighted by molar-refractivity contribution is 0.415. The summed E-state index contributed by atoms with van der Waals surface area (Å²) in [4.78, 5) is 8.14. The summed E-state index contributed by atoms with van der Waals surface area (Å²) in [7, 11) is 1.64. The molecule has 0 saturated heterocycles. The largest absolute Gasteiger partial charge is 0.497 e. The first-order valence-electron chi connectivity index (χ1n) is 4.84. The van der Waals surface area contributed by atoms with Gasteiger partial charge in [-0.05, 0) is 48.4 Å². The van der Waals surface area contributed by atoms with E-state index in [-0.39, 0.29) is 5.28 Å². The van der Waals surface area contributed by atoms with Gasteiger partial charge in [-0.2, -0.15) is 0 Å². The Morgan fingerprint density at radius 3 is 2.50 bits per heavy atom. The van der Waals surface area contributed by atoms with Gasteiger partial charge < -0.3 is 4.74 Å². The highest BCUT2D eigenvalue weighted by atomic mass is 35.5. The van der Waals surface area contributed by atoms with E-state index in [1.807, 2.05) is 31.2 Å². The van der Waals surface area contributed by atoms with Crippen molar-refractivity contribution in [3.8, 4) is 17.0 Å². The quantitative estimate of drug-likeness (QED) is 0.749. The van der Waals surface area contributed by atoms with Crippen molar-refractivity contribution < 1.29 is 4.74 Å². The SMILES string of the molecule is COc1ccc(-c2nc(Cl)ncc2C)cc1. The zero-order valence-corrected chi connectivity index (χ0v) is 9.82. The fraction of sp³-hybridized carbons (Fsp3) is 0.167. The molecule has 2 rings (SSSR count). The third-order valence-corrected chi connectivity index (χ3v) is 2.49. The second-order valence-corrected chi connectivity index (χ2v) is 3.74. The van der Waals surface area contributed by atoms with Crippen LogP contribution in [0.15, 0.2) is 30.5 Å². The van der Waals surface area contributed by atoms with Gasteiger partial charge in [-0.15, -0.1) is 0 Å². The van der Waals surface area contributed by atoms with Crippen molar-refractivity contribution in [2.45, 2.75) is 6.92 Å². The molecule has 0 bridgehead atoms. The number of benzene rings is 1. The van der Waals surface area contributed by atoms with Crippen molar-refractivity contribution >= 4 is 11.6 Å². The molecule has 16 heavy (non-hydrogen) atoms. The van der Waals surface area contributed by atoms with Crippen LogP contribution in [0, 0.1) is 6.92 Å². The zero-order chi connectivity index (χ0) is 11.5. The van der Waals surface area contributed by atoms with E-state index in [2.05, 4.69) is 9.97 Å². The van der Waals surface area contributed by atoms with Crippen LogP contribution in [0.25, 0.3) is 11.3 Å². The van der Waals surface area contributed by atoms with Crippen LogP contribution in [0.3, 0.4) is 0 Å². The first kappa shape index (κ1) is 10.9. The molecular formula is C12H11ClN2O. The van der Waals surface area contributed by atoms with Crippen LogP contribution >= 0.6 is 11.6 Å². The summed E-state index contributed by atoms with van der Waals surface area (Å²) in [6.45, 7) is 1.95. The third-order valence-electron chi connectivity index (χ3n) is 2.31. The minimum atomic E-state index is 0.261. The Balaban J connectivity index is 2.45. The van der Waals surface area contributed by atoms with E-state index in [4.69, 9.17) is 16.3 Å². The maximum atomic E-state index is 5.78. The number of aryl methyl sites for hydroxylation is 1. The van der Waals surface area contributed by atoms with E-state index in [9.17, 15) is 0 Å². The fourth-order valence-electron chi connectivity index (χ4n) is 1.46.